The van der Waals surface area contributed by atoms with Crippen molar-refractivity contribution in [1.82, 2.24) is 4.90 Å². The topological polar surface area (TPSA) is 40.5 Å². The fourth-order valence-electron chi connectivity index (χ4n) is 1.62. The van der Waals surface area contributed by atoms with E-state index in [9.17, 15) is 9.90 Å². The lowest BCUT2D eigenvalue weighted by Crippen LogP contribution is -2.23. The van der Waals surface area contributed by atoms with Crippen molar-refractivity contribution < 1.29 is 9.90 Å². The Bertz CT molecular complexity index is 408. The van der Waals surface area contributed by atoms with E-state index in [1.165, 1.54) is 0 Å². The fourth-order valence-corrected chi connectivity index (χ4v) is 1.62. The first kappa shape index (κ1) is 16.4. The molecule has 0 saturated heterocycles. The Morgan fingerprint density at radius 2 is 1.83 bits per heavy atom. The summed E-state index contributed by atoms with van der Waals surface area (Å²) in [7, 11) is 0. The Hall–Kier alpha value is -1.58. The Kier molecular flexibility index (Phi) is 7.76. The molecule has 1 rings (SSSR count). The third kappa shape index (κ3) is 4.73. The second-order valence-corrected chi connectivity index (χ2v) is 3.78. The molecule has 0 saturated carbocycles. The highest BCUT2D eigenvalue weighted by Crippen LogP contribution is 2.17. The van der Waals surface area contributed by atoms with E-state index in [-0.39, 0.29) is 18.2 Å². The Morgan fingerprint density at radius 3 is 2.33 bits per heavy atom. The van der Waals surface area contributed by atoms with Gasteiger partial charge in [-0.2, -0.15) is 0 Å². The molecule has 0 bridgehead atoms. The highest BCUT2D eigenvalue weighted by atomic mass is 35.5. The van der Waals surface area contributed by atoms with E-state index in [1.54, 1.807) is 12.1 Å². The maximum Gasteiger partial charge on any atom is 0.153 e. The summed E-state index contributed by atoms with van der Waals surface area (Å²) in [6.45, 7) is 9.60. The van der Waals surface area contributed by atoms with Crippen LogP contribution in [0, 0.1) is 0 Å². The van der Waals surface area contributed by atoms with Crippen LogP contribution < -0.4 is 0 Å². The first-order valence-electron chi connectivity index (χ1n) is 5.42. The zero-order valence-electron chi connectivity index (χ0n) is 10.2. The van der Waals surface area contributed by atoms with Crippen molar-refractivity contribution in [3.8, 4) is 5.75 Å². The van der Waals surface area contributed by atoms with Gasteiger partial charge in [-0.15, -0.1) is 25.6 Å². The highest BCUT2D eigenvalue weighted by molar-refractivity contribution is 5.85. The number of aromatic hydroxyl groups is 1. The van der Waals surface area contributed by atoms with Gasteiger partial charge < -0.3 is 5.11 Å². The number of carbonyl (C=O) groups excluding carboxylic acids is 1. The van der Waals surface area contributed by atoms with Gasteiger partial charge in [0.1, 0.15) is 5.75 Å². The molecular weight excluding hydrogens is 250 g/mol. The number of nitrogens with zero attached hydrogens (tertiary/aromatic N) is 1. The summed E-state index contributed by atoms with van der Waals surface area (Å²) in [6, 6.07) is 5.04. The van der Waals surface area contributed by atoms with Crippen LogP contribution in [-0.4, -0.2) is 29.4 Å². The molecule has 1 aromatic carbocycles. The number of aldehydes is 1. The van der Waals surface area contributed by atoms with Crippen LogP contribution in [0.3, 0.4) is 0 Å². The van der Waals surface area contributed by atoms with Crippen molar-refractivity contribution in [2.75, 3.05) is 13.1 Å². The van der Waals surface area contributed by atoms with Crippen molar-refractivity contribution >= 4 is 18.7 Å². The van der Waals surface area contributed by atoms with Crippen LogP contribution in [0.4, 0.5) is 0 Å². The van der Waals surface area contributed by atoms with Gasteiger partial charge in [-0.1, -0.05) is 18.2 Å². The number of hydrogen-bond donors (Lipinski definition) is 1. The van der Waals surface area contributed by atoms with Crippen molar-refractivity contribution in [2.45, 2.75) is 6.54 Å². The number of benzene rings is 1. The van der Waals surface area contributed by atoms with Crippen LogP contribution >= 0.6 is 12.4 Å². The first-order valence-corrected chi connectivity index (χ1v) is 5.42. The lowest BCUT2D eigenvalue weighted by molar-refractivity contribution is 0.112. The molecule has 0 aromatic heterocycles. The largest absolute Gasteiger partial charge is 0.507 e. The minimum atomic E-state index is 0. The molecule has 0 aliphatic rings. The van der Waals surface area contributed by atoms with Crippen molar-refractivity contribution in [2.24, 2.45) is 0 Å². The maximum absolute atomic E-state index is 10.7. The number of rotatable bonds is 7. The molecular formula is C14H18ClNO2. The zero-order chi connectivity index (χ0) is 12.7. The van der Waals surface area contributed by atoms with Crippen LogP contribution in [0.25, 0.3) is 0 Å². The van der Waals surface area contributed by atoms with Crippen LogP contribution in [-0.2, 0) is 6.54 Å². The second kappa shape index (κ2) is 8.50. The average Bonchev–Trinajstić information content (AvgIpc) is 2.32. The summed E-state index contributed by atoms with van der Waals surface area (Å²) >= 11 is 0. The Morgan fingerprint density at radius 1 is 1.22 bits per heavy atom. The predicted octanol–water partition coefficient (Wildman–Crippen LogP) is 2.80. The van der Waals surface area contributed by atoms with E-state index >= 15 is 0 Å². The third-order valence-electron chi connectivity index (χ3n) is 2.40. The quantitative estimate of drug-likeness (QED) is 0.610. The number of hydrogen-bond acceptors (Lipinski definition) is 3. The minimum absolute atomic E-state index is 0. The molecule has 4 heteroatoms. The monoisotopic (exact) mass is 267 g/mol. The third-order valence-corrected chi connectivity index (χ3v) is 2.40. The summed E-state index contributed by atoms with van der Waals surface area (Å²) in [4.78, 5) is 12.8. The molecule has 1 N–H and O–H groups in total. The van der Waals surface area contributed by atoms with Crippen LogP contribution in [0.15, 0.2) is 43.5 Å². The summed E-state index contributed by atoms with van der Waals surface area (Å²) < 4.78 is 0. The van der Waals surface area contributed by atoms with Crippen molar-refractivity contribution in [3.63, 3.8) is 0 Å². The van der Waals surface area contributed by atoms with Gasteiger partial charge in [0.25, 0.3) is 0 Å². The summed E-state index contributed by atoms with van der Waals surface area (Å²) in [5.41, 5.74) is 1.30. The van der Waals surface area contributed by atoms with Gasteiger partial charge in [-0.3, -0.25) is 9.69 Å². The standard InChI is InChI=1S/C14H17NO2.ClH/c1-3-7-15(8-4-2)10-12-5-6-14(17)13(9-12)11-16;/h3-6,9,11,17H,1-2,7-8,10H2;1H. The summed E-state index contributed by atoms with van der Waals surface area (Å²) in [6.07, 6.45) is 4.30. The predicted molar refractivity (Wildman–Crippen MR) is 76.4 cm³/mol. The number of halogens is 1. The molecule has 18 heavy (non-hydrogen) atoms. The lowest BCUT2D eigenvalue weighted by Gasteiger charge is -2.18. The van der Waals surface area contributed by atoms with E-state index in [1.807, 2.05) is 18.2 Å². The zero-order valence-corrected chi connectivity index (χ0v) is 11.0. The van der Waals surface area contributed by atoms with E-state index < -0.39 is 0 Å². The van der Waals surface area contributed by atoms with E-state index in [0.29, 0.717) is 18.4 Å². The molecule has 0 aliphatic carbocycles. The van der Waals surface area contributed by atoms with E-state index in [4.69, 9.17) is 0 Å². The van der Waals surface area contributed by atoms with Gasteiger partial charge in [0, 0.05) is 19.6 Å². The molecule has 0 atom stereocenters. The van der Waals surface area contributed by atoms with Crippen LogP contribution in [0.1, 0.15) is 15.9 Å². The summed E-state index contributed by atoms with van der Waals surface area (Å²) in [5, 5.41) is 9.40. The smallest absolute Gasteiger partial charge is 0.153 e. The number of phenolic OH excluding ortho intramolecular Hbond substituents is 1. The van der Waals surface area contributed by atoms with Crippen molar-refractivity contribution in [3.05, 3.63) is 54.6 Å². The number of phenols is 1. The molecule has 0 amide bonds. The van der Waals surface area contributed by atoms with E-state index in [0.717, 1.165) is 18.7 Å². The van der Waals surface area contributed by atoms with Crippen molar-refractivity contribution in [1.29, 1.82) is 0 Å². The molecule has 0 spiro atoms. The van der Waals surface area contributed by atoms with Gasteiger partial charge in [-0.05, 0) is 17.7 Å². The minimum Gasteiger partial charge on any atom is -0.507 e. The molecule has 0 aliphatic heterocycles. The molecule has 0 unspecified atom stereocenters. The first-order chi connectivity index (χ1) is 8.21. The SMILES string of the molecule is C=CCN(CC=C)Cc1ccc(O)c(C=O)c1.Cl. The maximum atomic E-state index is 10.7. The van der Waals surface area contributed by atoms with Crippen LogP contribution in [0.5, 0.6) is 5.75 Å². The van der Waals surface area contributed by atoms with Gasteiger partial charge in [-0.25, -0.2) is 0 Å². The van der Waals surface area contributed by atoms with Gasteiger partial charge in [0.15, 0.2) is 6.29 Å². The van der Waals surface area contributed by atoms with Gasteiger partial charge in [0.05, 0.1) is 5.56 Å². The molecule has 3 nitrogen and oxygen atoms in total. The van der Waals surface area contributed by atoms with E-state index in [2.05, 4.69) is 18.1 Å². The molecule has 0 heterocycles. The fraction of sp³-hybridized carbons (Fsp3) is 0.214. The highest BCUT2D eigenvalue weighted by Gasteiger charge is 2.05. The van der Waals surface area contributed by atoms with Gasteiger partial charge in [0.2, 0.25) is 0 Å². The average molecular weight is 268 g/mol. The Balaban J connectivity index is 0.00000289. The lowest BCUT2D eigenvalue weighted by atomic mass is 10.1. The number of carbonyl (C=O) groups is 1. The Labute approximate surface area is 114 Å². The molecule has 0 radical (unpaired) electrons. The van der Waals surface area contributed by atoms with Crippen LogP contribution in [0.2, 0.25) is 0 Å². The summed E-state index contributed by atoms with van der Waals surface area (Å²) in [5.74, 6) is 0.0164. The second-order valence-electron chi connectivity index (χ2n) is 3.78. The molecule has 1 aromatic rings. The normalized spacial score (nSPS) is 9.61. The molecule has 0 fully saturated rings. The van der Waals surface area contributed by atoms with Gasteiger partial charge >= 0.3 is 0 Å². The molecule has 98 valence electrons.